The zero-order chi connectivity index (χ0) is 26.8. The smallest absolute Gasteiger partial charge is 0.356 e. The van der Waals surface area contributed by atoms with Gasteiger partial charge in [-0.3, -0.25) is 8.98 Å². The number of fused-ring (bicyclic) bond motifs is 1. The molecular formula is C23H31F3N6O4S. The molecule has 1 N–H and O–H groups in total. The Bertz CT molecular complexity index is 1230. The van der Waals surface area contributed by atoms with Gasteiger partial charge >= 0.3 is 6.18 Å². The molecule has 10 nitrogen and oxygen atoms in total. The van der Waals surface area contributed by atoms with Crippen LogP contribution in [0.4, 0.5) is 24.8 Å². The van der Waals surface area contributed by atoms with Gasteiger partial charge in [0.25, 0.3) is 10.1 Å². The molecule has 0 aromatic carbocycles. The van der Waals surface area contributed by atoms with Crippen LogP contribution in [0.5, 0.6) is 0 Å². The lowest BCUT2D eigenvalue weighted by Gasteiger charge is -2.36. The van der Waals surface area contributed by atoms with Gasteiger partial charge in [-0.2, -0.15) is 21.6 Å². The number of carbonyl (C=O) groups excluding carboxylic acids is 1. The van der Waals surface area contributed by atoms with Crippen LogP contribution in [-0.4, -0.2) is 66.0 Å². The van der Waals surface area contributed by atoms with Gasteiger partial charge in [-0.05, 0) is 25.7 Å². The van der Waals surface area contributed by atoms with Crippen LogP contribution in [0.15, 0.2) is 12.5 Å². The fourth-order valence-corrected chi connectivity index (χ4v) is 5.29. The number of alkyl halides is 3. The lowest BCUT2D eigenvalue weighted by Crippen LogP contribution is -2.38. The molecule has 2 aromatic rings. The van der Waals surface area contributed by atoms with Crippen molar-refractivity contribution in [2.75, 3.05) is 36.2 Å². The zero-order valence-corrected chi connectivity index (χ0v) is 21.6. The van der Waals surface area contributed by atoms with Crippen LogP contribution < -0.4 is 10.2 Å². The Labute approximate surface area is 213 Å². The number of hydrogen-bond acceptors (Lipinski definition) is 8. The average molecular weight is 545 g/mol. The second-order valence-corrected chi connectivity index (χ2v) is 11.1. The van der Waals surface area contributed by atoms with Crippen molar-refractivity contribution in [2.45, 2.75) is 70.0 Å². The van der Waals surface area contributed by atoms with Crippen LogP contribution in [0.3, 0.4) is 0 Å². The van der Waals surface area contributed by atoms with E-state index in [1.54, 1.807) is 0 Å². The number of hydrogen-bond donors (Lipinski definition) is 1. The Kier molecular flexibility index (Phi) is 8.07. The number of nitrogens with zero attached hydrogens (tertiary/aromatic N) is 5. The van der Waals surface area contributed by atoms with Crippen LogP contribution in [0, 0.1) is 0 Å². The van der Waals surface area contributed by atoms with Gasteiger partial charge in [0.05, 0.1) is 30.0 Å². The third kappa shape index (κ3) is 6.58. The predicted octanol–water partition coefficient (Wildman–Crippen LogP) is 3.36. The molecule has 2 aromatic heterocycles. The summed E-state index contributed by atoms with van der Waals surface area (Å²) < 4.78 is 71.1. The van der Waals surface area contributed by atoms with Crippen LogP contribution in [-0.2, 0) is 32.1 Å². The zero-order valence-electron chi connectivity index (χ0n) is 20.8. The van der Waals surface area contributed by atoms with E-state index < -0.39 is 34.5 Å². The minimum Gasteiger partial charge on any atom is -0.356 e. The largest absolute Gasteiger partial charge is 0.396 e. The summed E-state index contributed by atoms with van der Waals surface area (Å²) in [4.78, 5) is 26.6. The van der Waals surface area contributed by atoms with Crippen molar-refractivity contribution >= 4 is 27.7 Å². The Morgan fingerprint density at radius 3 is 2.59 bits per heavy atom. The molecule has 0 bridgehead atoms. The van der Waals surface area contributed by atoms with Crippen molar-refractivity contribution in [3.8, 4) is 0 Å². The molecule has 0 saturated carbocycles. The van der Waals surface area contributed by atoms with Crippen molar-refractivity contribution in [2.24, 2.45) is 0 Å². The third-order valence-electron chi connectivity index (χ3n) is 6.69. The average Bonchev–Trinajstić information content (AvgIpc) is 3.23. The van der Waals surface area contributed by atoms with Crippen LogP contribution in [0.25, 0.3) is 0 Å². The second kappa shape index (κ2) is 10.9. The Morgan fingerprint density at radius 1 is 1.22 bits per heavy atom. The molecule has 1 amide bonds. The second-order valence-electron chi connectivity index (χ2n) is 9.48. The van der Waals surface area contributed by atoms with Gasteiger partial charge < -0.3 is 14.8 Å². The summed E-state index contributed by atoms with van der Waals surface area (Å²) in [5.41, 5.74) is 0.835. The fourth-order valence-electron chi connectivity index (χ4n) is 4.91. The number of aryl methyl sites for hydroxylation is 1. The third-order valence-corrected chi connectivity index (χ3v) is 7.28. The van der Waals surface area contributed by atoms with Gasteiger partial charge in [0.15, 0.2) is 0 Å². The van der Waals surface area contributed by atoms with Crippen molar-refractivity contribution in [1.82, 2.24) is 19.5 Å². The molecule has 2 aliphatic rings. The first-order valence-electron chi connectivity index (χ1n) is 12.3. The molecule has 37 heavy (non-hydrogen) atoms. The van der Waals surface area contributed by atoms with E-state index in [0.29, 0.717) is 32.5 Å². The Hall–Kier alpha value is -2.74. The van der Waals surface area contributed by atoms with E-state index in [1.807, 2.05) is 15.7 Å². The summed E-state index contributed by atoms with van der Waals surface area (Å²) in [6.07, 6.45) is 2.86. The highest BCUT2D eigenvalue weighted by atomic mass is 32.2. The summed E-state index contributed by atoms with van der Waals surface area (Å²) in [5.74, 6) is -1.70. The Morgan fingerprint density at radius 2 is 1.95 bits per heavy atom. The SMILES string of the molecule is CCCCc1cn(CCOS(C)(=O)=O)c(C2CCN(c3ncnc4c3C(C(F)(F)F)CC(=O)N4)CC2)n1. The van der Waals surface area contributed by atoms with E-state index in [-0.39, 0.29) is 29.7 Å². The number of halogens is 3. The molecule has 1 unspecified atom stereocenters. The molecule has 14 heteroatoms. The highest BCUT2D eigenvalue weighted by Crippen LogP contribution is 2.46. The molecule has 204 valence electrons. The van der Waals surface area contributed by atoms with E-state index in [0.717, 1.165) is 37.0 Å². The maximum atomic E-state index is 13.8. The van der Waals surface area contributed by atoms with Gasteiger partial charge in [0, 0.05) is 38.2 Å². The summed E-state index contributed by atoms with van der Waals surface area (Å²) in [7, 11) is -3.56. The van der Waals surface area contributed by atoms with Crippen LogP contribution in [0.1, 0.15) is 67.9 Å². The first-order valence-corrected chi connectivity index (χ1v) is 14.1. The number of carbonyl (C=O) groups is 1. The molecule has 0 aliphatic carbocycles. The number of nitrogens with one attached hydrogen (secondary N) is 1. The van der Waals surface area contributed by atoms with Gasteiger partial charge in [-0.1, -0.05) is 13.3 Å². The first kappa shape index (κ1) is 27.3. The number of piperidine rings is 1. The number of imidazole rings is 1. The number of aromatic nitrogens is 4. The van der Waals surface area contributed by atoms with Crippen LogP contribution in [0.2, 0.25) is 0 Å². The minimum absolute atomic E-state index is 0.00806. The van der Waals surface area contributed by atoms with Gasteiger partial charge in [-0.25, -0.2) is 15.0 Å². The molecule has 2 aliphatic heterocycles. The normalized spacial score (nSPS) is 19.1. The highest BCUT2D eigenvalue weighted by molar-refractivity contribution is 7.85. The summed E-state index contributed by atoms with van der Waals surface area (Å²) >= 11 is 0. The molecule has 4 rings (SSSR count). The van der Waals surface area contributed by atoms with Crippen molar-refractivity contribution in [3.63, 3.8) is 0 Å². The molecule has 0 radical (unpaired) electrons. The molecule has 1 fully saturated rings. The van der Waals surface area contributed by atoms with E-state index in [4.69, 9.17) is 9.17 Å². The summed E-state index contributed by atoms with van der Waals surface area (Å²) in [6.45, 7) is 3.31. The summed E-state index contributed by atoms with van der Waals surface area (Å²) in [5, 5.41) is 2.45. The quantitative estimate of drug-likeness (QED) is 0.478. The molecule has 1 saturated heterocycles. The lowest BCUT2D eigenvalue weighted by atomic mass is 9.90. The molecule has 0 spiro atoms. The fraction of sp³-hybridized carbons (Fsp3) is 0.652. The number of unbranched alkanes of at least 4 members (excludes halogenated alkanes) is 1. The standard InChI is InChI=1S/C23H31F3N6O4S/c1-3-4-5-16-13-32(10-11-36-37(2,34)35)21(29-16)15-6-8-31(9-7-15)22-19-17(23(24,25)26)12-18(33)30-20(19)27-14-28-22/h13-15,17H,3-12H2,1-2H3,(H,27,28,30,33). The maximum Gasteiger partial charge on any atom is 0.396 e. The van der Waals surface area contributed by atoms with E-state index in [1.165, 1.54) is 6.33 Å². The first-order chi connectivity index (χ1) is 17.5. The maximum absolute atomic E-state index is 13.8. The number of anilines is 2. The topological polar surface area (TPSA) is 119 Å². The van der Waals surface area contributed by atoms with Gasteiger partial charge in [0.2, 0.25) is 5.91 Å². The number of rotatable bonds is 9. The van der Waals surface area contributed by atoms with Gasteiger partial charge in [-0.15, -0.1) is 0 Å². The minimum atomic E-state index is -4.60. The van der Waals surface area contributed by atoms with Crippen molar-refractivity contribution in [1.29, 1.82) is 0 Å². The molecule has 4 heterocycles. The van der Waals surface area contributed by atoms with E-state index in [9.17, 15) is 26.4 Å². The monoisotopic (exact) mass is 544 g/mol. The van der Waals surface area contributed by atoms with Crippen LogP contribution >= 0.6 is 0 Å². The molecular weight excluding hydrogens is 513 g/mol. The Balaban J connectivity index is 1.53. The highest BCUT2D eigenvalue weighted by Gasteiger charge is 2.48. The predicted molar refractivity (Wildman–Crippen MR) is 130 cm³/mol. The van der Waals surface area contributed by atoms with Gasteiger partial charge in [0.1, 0.15) is 23.8 Å². The van der Waals surface area contributed by atoms with Crippen molar-refractivity contribution in [3.05, 3.63) is 29.6 Å². The van der Waals surface area contributed by atoms with E-state index in [2.05, 4.69) is 22.2 Å². The molecule has 1 atom stereocenters. The summed E-state index contributed by atoms with van der Waals surface area (Å²) in [6, 6.07) is 0. The van der Waals surface area contributed by atoms with Crippen molar-refractivity contribution < 1.29 is 30.6 Å². The van der Waals surface area contributed by atoms with E-state index >= 15 is 0 Å². The number of amides is 1. The lowest BCUT2D eigenvalue weighted by molar-refractivity contribution is -0.156.